The average molecular weight is 278 g/mol. The van der Waals surface area contributed by atoms with Gasteiger partial charge in [0.2, 0.25) is 0 Å². The monoisotopic (exact) mass is 278 g/mol. The Hall–Kier alpha value is -1.35. The third kappa shape index (κ3) is 3.40. The summed E-state index contributed by atoms with van der Waals surface area (Å²) in [5.41, 5.74) is 0.714. The first-order valence-electron chi connectivity index (χ1n) is 7.12. The SMILES string of the molecule is COC(=O)C(C(C)C)C(C)(O)c1ccc(C(C)C)cc1. The number of esters is 1. The van der Waals surface area contributed by atoms with E-state index in [0.717, 1.165) is 5.56 Å². The van der Waals surface area contributed by atoms with Crippen LogP contribution in [0.25, 0.3) is 0 Å². The van der Waals surface area contributed by atoms with Gasteiger partial charge >= 0.3 is 5.97 Å². The summed E-state index contributed by atoms with van der Waals surface area (Å²) in [7, 11) is 1.36. The molecule has 0 aliphatic carbocycles. The molecule has 0 radical (unpaired) electrons. The molecule has 3 nitrogen and oxygen atoms in total. The highest BCUT2D eigenvalue weighted by Crippen LogP contribution is 2.35. The van der Waals surface area contributed by atoms with Gasteiger partial charge in [0.1, 0.15) is 5.60 Å². The second-order valence-electron chi connectivity index (χ2n) is 6.17. The van der Waals surface area contributed by atoms with Crippen LogP contribution >= 0.6 is 0 Å². The molecular formula is C17H26O3. The molecule has 1 aromatic rings. The molecule has 0 saturated heterocycles. The van der Waals surface area contributed by atoms with Gasteiger partial charge in [-0.1, -0.05) is 52.0 Å². The Morgan fingerprint density at radius 2 is 1.65 bits per heavy atom. The Morgan fingerprint density at radius 3 is 2.00 bits per heavy atom. The van der Waals surface area contributed by atoms with Crippen LogP contribution in [0.2, 0.25) is 0 Å². The Balaban J connectivity index is 3.15. The van der Waals surface area contributed by atoms with E-state index in [1.807, 2.05) is 38.1 Å². The van der Waals surface area contributed by atoms with E-state index in [0.29, 0.717) is 5.92 Å². The number of methoxy groups -OCH3 is 1. The van der Waals surface area contributed by atoms with Gasteiger partial charge in [-0.15, -0.1) is 0 Å². The normalized spacial score (nSPS) is 16.1. The average Bonchev–Trinajstić information content (AvgIpc) is 2.37. The van der Waals surface area contributed by atoms with Crippen LogP contribution in [-0.4, -0.2) is 18.2 Å². The molecule has 0 aliphatic rings. The summed E-state index contributed by atoms with van der Waals surface area (Å²) in [6, 6.07) is 7.80. The Labute approximate surface area is 122 Å². The maximum absolute atomic E-state index is 12.0. The van der Waals surface area contributed by atoms with Crippen molar-refractivity contribution >= 4 is 5.97 Å². The summed E-state index contributed by atoms with van der Waals surface area (Å²) in [6.07, 6.45) is 0. The standard InChI is InChI=1S/C17H26O3/c1-11(2)13-7-9-14(10-8-13)17(5,19)15(12(3)4)16(18)20-6/h7-12,15,19H,1-6H3. The third-order valence-corrected chi connectivity index (χ3v) is 3.89. The number of hydrogen-bond acceptors (Lipinski definition) is 3. The lowest BCUT2D eigenvalue weighted by Crippen LogP contribution is -2.41. The van der Waals surface area contributed by atoms with Crippen molar-refractivity contribution in [3.63, 3.8) is 0 Å². The van der Waals surface area contributed by atoms with Gasteiger partial charge in [-0.05, 0) is 29.9 Å². The van der Waals surface area contributed by atoms with Crippen LogP contribution < -0.4 is 0 Å². The maximum Gasteiger partial charge on any atom is 0.312 e. The molecule has 2 atom stereocenters. The van der Waals surface area contributed by atoms with Crippen molar-refractivity contribution in [3.05, 3.63) is 35.4 Å². The Kier molecular flexibility index (Phi) is 5.35. The maximum atomic E-state index is 12.0. The molecule has 112 valence electrons. The summed E-state index contributed by atoms with van der Waals surface area (Å²) in [5, 5.41) is 10.8. The number of benzene rings is 1. The van der Waals surface area contributed by atoms with E-state index in [1.54, 1.807) is 6.92 Å². The van der Waals surface area contributed by atoms with Crippen LogP contribution in [0.4, 0.5) is 0 Å². The second kappa shape index (κ2) is 6.40. The van der Waals surface area contributed by atoms with Gasteiger partial charge in [-0.25, -0.2) is 0 Å². The highest BCUT2D eigenvalue weighted by atomic mass is 16.5. The summed E-state index contributed by atoms with van der Waals surface area (Å²) < 4.78 is 4.84. The zero-order valence-corrected chi connectivity index (χ0v) is 13.3. The Morgan fingerprint density at radius 1 is 1.15 bits per heavy atom. The smallest absolute Gasteiger partial charge is 0.312 e. The second-order valence-corrected chi connectivity index (χ2v) is 6.17. The molecule has 2 unspecified atom stereocenters. The van der Waals surface area contributed by atoms with E-state index in [-0.39, 0.29) is 11.9 Å². The molecule has 3 heteroatoms. The van der Waals surface area contributed by atoms with Crippen LogP contribution in [0.3, 0.4) is 0 Å². The minimum atomic E-state index is -1.24. The van der Waals surface area contributed by atoms with Gasteiger partial charge in [-0.3, -0.25) is 4.79 Å². The zero-order chi connectivity index (χ0) is 15.5. The first-order valence-corrected chi connectivity index (χ1v) is 7.12. The molecule has 1 aromatic carbocycles. The van der Waals surface area contributed by atoms with E-state index in [4.69, 9.17) is 4.74 Å². The van der Waals surface area contributed by atoms with Crippen molar-refractivity contribution < 1.29 is 14.6 Å². The van der Waals surface area contributed by atoms with Crippen molar-refractivity contribution in [2.45, 2.75) is 46.1 Å². The van der Waals surface area contributed by atoms with E-state index in [2.05, 4.69) is 13.8 Å². The van der Waals surface area contributed by atoms with Crippen molar-refractivity contribution in [3.8, 4) is 0 Å². The van der Waals surface area contributed by atoms with Crippen molar-refractivity contribution in [1.82, 2.24) is 0 Å². The van der Waals surface area contributed by atoms with Crippen LogP contribution in [0.1, 0.15) is 51.7 Å². The number of carbonyl (C=O) groups excluding carboxylic acids is 1. The molecular weight excluding hydrogens is 252 g/mol. The lowest BCUT2D eigenvalue weighted by Gasteiger charge is -2.34. The van der Waals surface area contributed by atoms with Crippen LogP contribution in [0, 0.1) is 11.8 Å². The number of hydrogen-bond donors (Lipinski definition) is 1. The molecule has 0 aromatic heterocycles. The van der Waals surface area contributed by atoms with Gasteiger partial charge in [0.15, 0.2) is 0 Å². The van der Waals surface area contributed by atoms with E-state index in [1.165, 1.54) is 12.7 Å². The highest BCUT2D eigenvalue weighted by Gasteiger charge is 2.41. The summed E-state index contributed by atoms with van der Waals surface area (Å²) in [5.74, 6) is -0.534. The van der Waals surface area contributed by atoms with Gasteiger partial charge < -0.3 is 9.84 Å². The fourth-order valence-electron chi connectivity index (χ4n) is 2.66. The predicted molar refractivity (Wildman–Crippen MR) is 80.4 cm³/mol. The largest absolute Gasteiger partial charge is 0.469 e. The van der Waals surface area contributed by atoms with Crippen molar-refractivity contribution in [1.29, 1.82) is 0 Å². The molecule has 1 rings (SSSR count). The van der Waals surface area contributed by atoms with E-state index >= 15 is 0 Å². The molecule has 0 amide bonds. The first-order chi connectivity index (χ1) is 9.21. The number of carbonyl (C=O) groups is 1. The van der Waals surface area contributed by atoms with Gasteiger partial charge in [0, 0.05) is 0 Å². The van der Waals surface area contributed by atoms with Crippen molar-refractivity contribution in [2.24, 2.45) is 11.8 Å². The third-order valence-electron chi connectivity index (χ3n) is 3.89. The molecule has 0 fully saturated rings. The summed E-state index contributed by atoms with van der Waals surface area (Å²) in [4.78, 5) is 12.0. The summed E-state index contributed by atoms with van der Waals surface area (Å²) >= 11 is 0. The van der Waals surface area contributed by atoms with Gasteiger partial charge in [0.25, 0.3) is 0 Å². The van der Waals surface area contributed by atoms with E-state index < -0.39 is 11.5 Å². The molecule has 0 spiro atoms. The highest BCUT2D eigenvalue weighted by molar-refractivity contribution is 5.74. The fraction of sp³-hybridized carbons (Fsp3) is 0.588. The number of rotatable bonds is 5. The molecule has 0 saturated carbocycles. The number of ether oxygens (including phenoxy) is 1. The minimum Gasteiger partial charge on any atom is -0.469 e. The quantitative estimate of drug-likeness (QED) is 0.839. The predicted octanol–water partition coefficient (Wildman–Crippen LogP) is 3.46. The molecule has 0 aliphatic heterocycles. The lowest BCUT2D eigenvalue weighted by molar-refractivity contribution is -0.159. The molecule has 0 bridgehead atoms. The molecule has 1 N–H and O–H groups in total. The molecule has 0 heterocycles. The van der Waals surface area contributed by atoms with Crippen LogP contribution in [0.15, 0.2) is 24.3 Å². The van der Waals surface area contributed by atoms with Gasteiger partial charge in [0.05, 0.1) is 13.0 Å². The van der Waals surface area contributed by atoms with Crippen LogP contribution in [0.5, 0.6) is 0 Å². The van der Waals surface area contributed by atoms with E-state index in [9.17, 15) is 9.90 Å². The van der Waals surface area contributed by atoms with Crippen molar-refractivity contribution in [2.75, 3.05) is 7.11 Å². The lowest BCUT2D eigenvalue weighted by atomic mass is 9.76. The summed E-state index contributed by atoms with van der Waals surface area (Å²) in [6.45, 7) is 9.76. The fourth-order valence-corrected chi connectivity index (χ4v) is 2.66. The zero-order valence-electron chi connectivity index (χ0n) is 13.3. The van der Waals surface area contributed by atoms with Gasteiger partial charge in [-0.2, -0.15) is 0 Å². The Bertz CT molecular complexity index is 444. The molecule has 20 heavy (non-hydrogen) atoms. The topological polar surface area (TPSA) is 46.5 Å². The van der Waals surface area contributed by atoms with Crippen LogP contribution in [-0.2, 0) is 15.1 Å². The minimum absolute atomic E-state index is 0.0118. The first kappa shape index (κ1) is 16.7. The number of aliphatic hydroxyl groups is 1.